The second-order valence-electron chi connectivity index (χ2n) is 3.83. The standard InChI is InChI=1S/C13H15NO2S/c15-13(17)10-12(11-4-2-1-3-5-11)14-6-8-16-9-7-14/h1-5,10H,6-9H2,(H,15,17). The molecule has 17 heavy (non-hydrogen) atoms. The van der Waals surface area contributed by atoms with Crippen LogP contribution in [-0.2, 0) is 9.53 Å². The molecule has 0 radical (unpaired) electrons. The van der Waals surface area contributed by atoms with Crippen LogP contribution >= 0.6 is 12.6 Å². The lowest BCUT2D eigenvalue weighted by Crippen LogP contribution is -2.35. The molecule has 2 rings (SSSR count). The molecular weight excluding hydrogens is 234 g/mol. The van der Waals surface area contributed by atoms with Crippen molar-refractivity contribution in [1.82, 2.24) is 4.90 Å². The lowest BCUT2D eigenvalue weighted by atomic mass is 10.1. The quantitative estimate of drug-likeness (QED) is 0.654. The lowest BCUT2D eigenvalue weighted by molar-refractivity contribution is -0.106. The third-order valence-corrected chi connectivity index (χ3v) is 2.81. The zero-order valence-electron chi connectivity index (χ0n) is 9.50. The fraction of sp³-hybridized carbons (Fsp3) is 0.308. The largest absolute Gasteiger partial charge is 0.378 e. The Kier molecular flexibility index (Phi) is 4.23. The predicted octanol–water partition coefficient (Wildman–Crippen LogP) is 1.82. The number of carbonyl (C=O) groups is 1. The molecule has 0 atom stereocenters. The Morgan fingerprint density at radius 2 is 1.88 bits per heavy atom. The minimum atomic E-state index is -0.227. The van der Waals surface area contributed by atoms with Gasteiger partial charge in [-0.05, 0) is 5.56 Å². The number of carbonyl (C=O) groups excluding carboxylic acids is 1. The molecule has 4 heteroatoms. The summed E-state index contributed by atoms with van der Waals surface area (Å²) in [4.78, 5) is 13.4. The first-order chi connectivity index (χ1) is 8.27. The minimum absolute atomic E-state index is 0.227. The maximum Gasteiger partial charge on any atom is 0.211 e. The van der Waals surface area contributed by atoms with Crippen LogP contribution in [0.3, 0.4) is 0 Å². The van der Waals surface area contributed by atoms with E-state index < -0.39 is 0 Å². The van der Waals surface area contributed by atoms with Crippen molar-refractivity contribution >= 4 is 23.4 Å². The molecule has 0 spiro atoms. The average molecular weight is 249 g/mol. The molecule has 1 saturated heterocycles. The summed E-state index contributed by atoms with van der Waals surface area (Å²) >= 11 is 3.83. The van der Waals surface area contributed by atoms with E-state index in [-0.39, 0.29) is 5.12 Å². The molecular formula is C13H15NO2S. The molecule has 0 amide bonds. The van der Waals surface area contributed by atoms with Gasteiger partial charge in [-0.15, -0.1) is 12.6 Å². The second-order valence-corrected chi connectivity index (χ2v) is 4.27. The van der Waals surface area contributed by atoms with Gasteiger partial charge in [0.25, 0.3) is 0 Å². The maximum absolute atomic E-state index is 11.2. The van der Waals surface area contributed by atoms with Gasteiger partial charge in [-0.2, -0.15) is 0 Å². The summed E-state index contributed by atoms with van der Waals surface area (Å²) in [7, 11) is 0. The van der Waals surface area contributed by atoms with Gasteiger partial charge in [-0.1, -0.05) is 30.3 Å². The first-order valence-electron chi connectivity index (χ1n) is 5.60. The summed E-state index contributed by atoms with van der Waals surface area (Å²) in [6.45, 7) is 3.01. The van der Waals surface area contributed by atoms with Crippen molar-refractivity contribution in [3.8, 4) is 0 Å². The van der Waals surface area contributed by atoms with Gasteiger partial charge < -0.3 is 9.64 Å². The topological polar surface area (TPSA) is 29.5 Å². The van der Waals surface area contributed by atoms with Crippen LogP contribution in [0.15, 0.2) is 36.4 Å². The first kappa shape index (κ1) is 12.2. The molecule has 0 aromatic heterocycles. The Labute approximate surface area is 106 Å². The van der Waals surface area contributed by atoms with Crippen molar-refractivity contribution in [2.45, 2.75) is 0 Å². The van der Waals surface area contributed by atoms with Crippen molar-refractivity contribution in [2.75, 3.05) is 26.3 Å². The molecule has 3 nitrogen and oxygen atoms in total. The number of nitrogens with zero attached hydrogens (tertiary/aromatic N) is 1. The van der Waals surface area contributed by atoms with E-state index in [1.807, 2.05) is 30.3 Å². The summed E-state index contributed by atoms with van der Waals surface area (Å²) in [5, 5.41) is -0.227. The zero-order chi connectivity index (χ0) is 12.1. The molecule has 1 aromatic carbocycles. The number of hydrogen-bond donors (Lipinski definition) is 1. The third-order valence-electron chi connectivity index (χ3n) is 2.68. The molecule has 0 saturated carbocycles. The Hall–Kier alpha value is -1.26. The predicted molar refractivity (Wildman–Crippen MR) is 70.8 cm³/mol. The highest BCUT2D eigenvalue weighted by molar-refractivity contribution is 7.97. The van der Waals surface area contributed by atoms with Crippen LogP contribution in [0.5, 0.6) is 0 Å². The van der Waals surface area contributed by atoms with Gasteiger partial charge in [0.05, 0.1) is 13.2 Å². The van der Waals surface area contributed by atoms with Gasteiger partial charge in [0, 0.05) is 24.9 Å². The van der Waals surface area contributed by atoms with Crippen molar-refractivity contribution in [1.29, 1.82) is 0 Å². The Morgan fingerprint density at radius 1 is 1.24 bits per heavy atom. The van der Waals surface area contributed by atoms with Gasteiger partial charge >= 0.3 is 0 Å². The summed E-state index contributed by atoms with van der Waals surface area (Å²) in [5.41, 5.74) is 1.96. The number of rotatable bonds is 3. The van der Waals surface area contributed by atoms with Gasteiger partial charge in [0.2, 0.25) is 5.12 Å². The van der Waals surface area contributed by atoms with Crippen molar-refractivity contribution < 1.29 is 9.53 Å². The molecule has 1 aromatic rings. The number of ether oxygens (including phenoxy) is 1. The van der Waals surface area contributed by atoms with Crippen LogP contribution in [0.4, 0.5) is 0 Å². The van der Waals surface area contributed by atoms with Crippen LogP contribution in [0.25, 0.3) is 5.70 Å². The number of benzene rings is 1. The Balaban J connectivity index is 2.28. The van der Waals surface area contributed by atoms with Crippen LogP contribution < -0.4 is 0 Å². The maximum atomic E-state index is 11.2. The summed E-state index contributed by atoms with van der Waals surface area (Å²) in [6.07, 6.45) is 1.57. The molecule has 0 N–H and O–H groups in total. The van der Waals surface area contributed by atoms with Crippen LogP contribution in [0.2, 0.25) is 0 Å². The van der Waals surface area contributed by atoms with E-state index in [9.17, 15) is 4.79 Å². The number of hydrogen-bond acceptors (Lipinski definition) is 3. The second kappa shape index (κ2) is 5.89. The van der Waals surface area contributed by atoms with Gasteiger partial charge in [0.1, 0.15) is 0 Å². The van der Waals surface area contributed by atoms with Crippen molar-refractivity contribution in [2.24, 2.45) is 0 Å². The molecule has 1 fully saturated rings. The highest BCUT2D eigenvalue weighted by atomic mass is 32.1. The van der Waals surface area contributed by atoms with E-state index in [1.165, 1.54) is 0 Å². The monoisotopic (exact) mass is 249 g/mol. The zero-order valence-corrected chi connectivity index (χ0v) is 10.4. The van der Waals surface area contributed by atoms with Gasteiger partial charge in [-0.25, -0.2) is 0 Å². The van der Waals surface area contributed by atoms with Crippen molar-refractivity contribution in [3.05, 3.63) is 42.0 Å². The first-order valence-corrected chi connectivity index (χ1v) is 6.05. The fourth-order valence-electron chi connectivity index (χ4n) is 1.89. The van der Waals surface area contributed by atoms with E-state index in [0.29, 0.717) is 13.2 Å². The summed E-state index contributed by atoms with van der Waals surface area (Å²) in [5.74, 6) is 0. The SMILES string of the molecule is O=C(S)C=C(c1ccccc1)N1CCOCC1. The Bertz CT molecular complexity index is 411. The lowest BCUT2D eigenvalue weighted by Gasteiger charge is -2.31. The third kappa shape index (κ3) is 3.35. The van der Waals surface area contributed by atoms with E-state index in [1.54, 1.807) is 6.08 Å². The molecule has 0 aliphatic carbocycles. The summed E-state index contributed by atoms with van der Waals surface area (Å²) < 4.78 is 5.32. The van der Waals surface area contributed by atoms with Gasteiger partial charge in [0.15, 0.2) is 0 Å². The van der Waals surface area contributed by atoms with E-state index in [0.717, 1.165) is 24.4 Å². The molecule has 1 aliphatic heterocycles. The normalized spacial score (nSPS) is 17.0. The molecule has 0 bridgehead atoms. The van der Waals surface area contributed by atoms with E-state index >= 15 is 0 Å². The highest BCUT2D eigenvalue weighted by Crippen LogP contribution is 2.20. The molecule has 0 unspecified atom stereocenters. The average Bonchev–Trinajstić information content (AvgIpc) is 2.38. The van der Waals surface area contributed by atoms with E-state index in [4.69, 9.17) is 4.74 Å². The van der Waals surface area contributed by atoms with Crippen LogP contribution in [0, 0.1) is 0 Å². The summed E-state index contributed by atoms with van der Waals surface area (Å²) in [6, 6.07) is 9.89. The van der Waals surface area contributed by atoms with Crippen molar-refractivity contribution in [3.63, 3.8) is 0 Å². The number of morpholine rings is 1. The van der Waals surface area contributed by atoms with Crippen LogP contribution in [-0.4, -0.2) is 36.3 Å². The minimum Gasteiger partial charge on any atom is -0.378 e. The fourth-order valence-corrected chi connectivity index (χ4v) is 2.01. The van der Waals surface area contributed by atoms with Gasteiger partial charge in [-0.3, -0.25) is 4.79 Å². The molecule has 1 aliphatic rings. The highest BCUT2D eigenvalue weighted by Gasteiger charge is 2.15. The van der Waals surface area contributed by atoms with Crippen LogP contribution in [0.1, 0.15) is 5.56 Å². The molecule has 90 valence electrons. The van der Waals surface area contributed by atoms with E-state index in [2.05, 4.69) is 17.5 Å². The number of thiol groups is 1. The molecule has 1 heterocycles. The smallest absolute Gasteiger partial charge is 0.211 e. The Morgan fingerprint density at radius 3 is 2.47 bits per heavy atom.